The summed E-state index contributed by atoms with van der Waals surface area (Å²) < 4.78 is 5.24. The van der Waals surface area contributed by atoms with Gasteiger partial charge in [-0.25, -0.2) is 9.97 Å². The van der Waals surface area contributed by atoms with Crippen molar-refractivity contribution in [3.05, 3.63) is 23.3 Å². The Hall–Kier alpha value is -1.00. The van der Waals surface area contributed by atoms with E-state index in [-0.39, 0.29) is 0 Å². The molecular formula is C9H15N3O. The molecular weight excluding hydrogens is 166 g/mol. The molecule has 0 radical (unpaired) electrons. The molecule has 0 bridgehead atoms. The molecule has 1 aromatic rings. The zero-order chi connectivity index (χ0) is 9.68. The molecule has 0 spiro atoms. The van der Waals surface area contributed by atoms with E-state index in [1.807, 2.05) is 19.9 Å². The Labute approximate surface area is 78.1 Å². The number of aromatic nitrogens is 2. The minimum absolute atomic E-state index is 0.447. The smallest absolute Gasteiger partial charge is 0.125 e. The van der Waals surface area contributed by atoms with Gasteiger partial charge < -0.3 is 10.5 Å². The Balaban J connectivity index is 2.76. The van der Waals surface area contributed by atoms with Gasteiger partial charge in [-0.3, -0.25) is 0 Å². The largest absolute Gasteiger partial charge is 0.375 e. The Bertz CT molecular complexity index is 276. The molecule has 0 aliphatic rings. The van der Waals surface area contributed by atoms with Crippen LogP contribution in [-0.2, 0) is 17.9 Å². The van der Waals surface area contributed by atoms with Gasteiger partial charge in [-0.2, -0.15) is 0 Å². The number of hydrogen-bond acceptors (Lipinski definition) is 4. The molecule has 4 nitrogen and oxygen atoms in total. The first-order valence-electron chi connectivity index (χ1n) is 4.37. The van der Waals surface area contributed by atoms with Gasteiger partial charge in [0, 0.05) is 13.2 Å². The lowest BCUT2D eigenvalue weighted by Crippen LogP contribution is -2.06. The highest BCUT2D eigenvalue weighted by Crippen LogP contribution is 2.02. The van der Waals surface area contributed by atoms with Crippen LogP contribution in [-0.4, -0.2) is 16.6 Å². The van der Waals surface area contributed by atoms with E-state index in [4.69, 9.17) is 10.5 Å². The maximum atomic E-state index is 5.49. The molecule has 13 heavy (non-hydrogen) atoms. The van der Waals surface area contributed by atoms with Gasteiger partial charge in [-0.15, -0.1) is 0 Å². The number of ether oxygens (including phenoxy) is 1. The average molecular weight is 181 g/mol. The van der Waals surface area contributed by atoms with Crippen LogP contribution in [0.15, 0.2) is 6.07 Å². The van der Waals surface area contributed by atoms with Gasteiger partial charge >= 0.3 is 0 Å². The Morgan fingerprint density at radius 3 is 2.69 bits per heavy atom. The van der Waals surface area contributed by atoms with Crippen molar-refractivity contribution in [1.82, 2.24) is 9.97 Å². The van der Waals surface area contributed by atoms with Crippen molar-refractivity contribution < 1.29 is 4.74 Å². The summed E-state index contributed by atoms with van der Waals surface area (Å²) in [4.78, 5) is 8.40. The summed E-state index contributed by atoms with van der Waals surface area (Å²) in [5.74, 6) is 0.748. The summed E-state index contributed by atoms with van der Waals surface area (Å²) in [7, 11) is 0. The van der Waals surface area contributed by atoms with E-state index in [0.717, 1.165) is 17.2 Å². The molecule has 1 heterocycles. The van der Waals surface area contributed by atoms with Gasteiger partial charge in [-0.05, 0) is 19.9 Å². The summed E-state index contributed by atoms with van der Waals surface area (Å²) in [6.45, 7) is 5.49. The van der Waals surface area contributed by atoms with E-state index >= 15 is 0 Å². The first-order chi connectivity index (χ1) is 6.26. The second-order valence-corrected chi connectivity index (χ2v) is 2.74. The van der Waals surface area contributed by atoms with Crippen LogP contribution < -0.4 is 5.73 Å². The highest BCUT2D eigenvalue weighted by Gasteiger charge is 1.99. The average Bonchev–Trinajstić information content (AvgIpc) is 2.14. The second-order valence-electron chi connectivity index (χ2n) is 2.74. The lowest BCUT2D eigenvalue weighted by atomic mass is 10.3. The highest BCUT2D eigenvalue weighted by atomic mass is 16.5. The first-order valence-corrected chi connectivity index (χ1v) is 4.37. The van der Waals surface area contributed by atoms with Crippen LogP contribution in [0.5, 0.6) is 0 Å². The van der Waals surface area contributed by atoms with Crippen LogP contribution in [0, 0.1) is 6.92 Å². The third-order valence-electron chi connectivity index (χ3n) is 1.61. The number of nitrogens with two attached hydrogens (primary N) is 1. The van der Waals surface area contributed by atoms with Crippen molar-refractivity contribution in [2.75, 3.05) is 6.61 Å². The fourth-order valence-corrected chi connectivity index (χ4v) is 1.08. The van der Waals surface area contributed by atoms with Crippen molar-refractivity contribution in [1.29, 1.82) is 0 Å². The van der Waals surface area contributed by atoms with Gasteiger partial charge in [0.15, 0.2) is 0 Å². The molecule has 0 unspecified atom stereocenters. The fourth-order valence-electron chi connectivity index (χ4n) is 1.08. The minimum Gasteiger partial charge on any atom is -0.375 e. The molecule has 4 heteroatoms. The predicted molar refractivity (Wildman–Crippen MR) is 50.0 cm³/mol. The SMILES string of the molecule is CCOCc1cc(CN)nc(C)n1. The molecule has 0 aromatic carbocycles. The molecule has 0 atom stereocenters. The van der Waals surface area contributed by atoms with E-state index in [1.165, 1.54) is 0 Å². The van der Waals surface area contributed by atoms with E-state index in [2.05, 4.69) is 9.97 Å². The predicted octanol–water partition coefficient (Wildman–Crippen LogP) is 0.780. The van der Waals surface area contributed by atoms with Gasteiger partial charge in [0.2, 0.25) is 0 Å². The van der Waals surface area contributed by atoms with Crippen LogP contribution in [0.2, 0.25) is 0 Å². The molecule has 0 aliphatic heterocycles. The standard InChI is InChI=1S/C9H15N3O/c1-3-13-6-9-4-8(5-10)11-7(2)12-9/h4H,3,5-6,10H2,1-2H3. The molecule has 1 aromatic heterocycles. The highest BCUT2D eigenvalue weighted by molar-refractivity contribution is 5.09. The van der Waals surface area contributed by atoms with Gasteiger partial charge in [0.25, 0.3) is 0 Å². The van der Waals surface area contributed by atoms with Crippen LogP contribution in [0.4, 0.5) is 0 Å². The van der Waals surface area contributed by atoms with Crippen molar-refractivity contribution in [3.63, 3.8) is 0 Å². The Morgan fingerprint density at radius 2 is 2.08 bits per heavy atom. The van der Waals surface area contributed by atoms with Crippen molar-refractivity contribution in [3.8, 4) is 0 Å². The molecule has 0 amide bonds. The molecule has 0 fully saturated rings. The van der Waals surface area contributed by atoms with E-state index in [9.17, 15) is 0 Å². The maximum absolute atomic E-state index is 5.49. The zero-order valence-electron chi connectivity index (χ0n) is 8.08. The van der Waals surface area contributed by atoms with Crippen molar-refractivity contribution in [2.45, 2.75) is 27.0 Å². The zero-order valence-corrected chi connectivity index (χ0v) is 8.08. The number of aryl methyl sites for hydroxylation is 1. The number of rotatable bonds is 4. The summed E-state index contributed by atoms with van der Waals surface area (Å²) in [5.41, 5.74) is 7.25. The topological polar surface area (TPSA) is 61.0 Å². The quantitative estimate of drug-likeness (QED) is 0.745. The van der Waals surface area contributed by atoms with Gasteiger partial charge in [0.05, 0.1) is 18.0 Å². The molecule has 0 aliphatic carbocycles. The van der Waals surface area contributed by atoms with Gasteiger partial charge in [0.1, 0.15) is 5.82 Å². The van der Waals surface area contributed by atoms with Crippen molar-refractivity contribution >= 4 is 0 Å². The molecule has 2 N–H and O–H groups in total. The van der Waals surface area contributed by atoms with Crippen LogP contribution in [0.25, 0.3) is 0 Å². The summed E-state index contributed by atoms with van der Waals surface area (Å²) >= 11 is 0. The summed E-state index contributed by atoms with van der Waals surface area (Å²) in [6, 6.07) is 1.88. The molecule has 72 valence electrons. The number of nitrogens with zero attached hydrogens (tertiary/aromatic N) is 2. The third-order valence-corrected chi connectivity index (χ3v) is 1.61. The maximum Gasteiger partial charge on any atom is 0.125 e. The lowest BCUT2D eigenvalue weighted by molar-refractivity contribution is 0.131. The lowest BCUT2D eigenvalue weighted by Gasteiger charge is -2.04. The monoisotopic (exact) mass is 181 g/mol. The molecule has 1 rings (SSSR count). The van der Waals surface area contributed by atoms with Crippen LogP contribution in [0.3, 0.4) is 0 Å². The first kappa shape index (κ1) is 10.1. The van der Waals surface area contributed by atoms with Crippen LogP contribution in [0.1, 0.15) is 24.1 Å². The second kappa shape index (κ2) is 4.89. The fraction of sp³-hybridized carbons (Fsp3) is 0.556. The summed E-state index contributed by atoms with van der Waals surface area (Å²) in [5, 5.41) is 0. The van der Waals surface area contributed by atoms with E-state index in [0.29, 0.717) is 19.8 Å². The Morgan fingerprint density at radius 1 is 1.38 bits per heavy atom. The van der Waals surface area contributed by atoms with Crippen LogP contribution >= 0.6 is 0 Å². The normalized spacial score (nSPS) is 10.4. The van der Waals surface area contributed by atoms with E-state index in [1.54, 1.807) is 0 Å². The summed E-state index contributed by atoms with van der Waals surface area (Å²) in [6.07, 6.45) is 0. The minimum atomic E-state index is 0.447. The van der Waals surface area contributed by atoms with E-state index < -0.39 is 0 Å². The van der Waals surface area contributed by atoms with Crippen molar-refractivity contribution in [2.24, 2.45) is 5.73 Å². The molecule has 0 saturated heterocycles. The third kappa shape index (κ3) is 3.08. The Kier molecular flexibility index (Phi) is 3.79. The van der Waals surface area contributed by atoms with Gasteiger partial charge in [-0.1, -0.05) is 0 Å². The number of hydrogen-bond donors (Lipinski definition) is 1. The molecule has 0 saturated carbocycles.